The van der Waals surface area contributed by atoms with Gasteiger partial charge in [-0.2, -0.15) is 0 Å². The van der Waals surface area contributed by atoms with Crippen molar-refractivity contribution in [3.63, 3.8) is 0 Å². The summed E-state index contributed by atoms with van der Waals surface area (Å²) in [5, 5.41) is 8.79. The fraction of sp³-hybridized carbons (Fsp3) is 0.167. The van der Waals surface area contributed by atoms with E-state index >= 15 is 0 Å². The zero-order valence-corrected chi connectivity index (χ0v) is 11.5. The van der Waals surface area contributed by atoms with E-state index in [1.165, 1.54) is 0 Å². The lowest BCUT2D eigenvalue weighted by Crippen LogP contribution is -2.26. The molecular formula is C12H12FN3O4S. The second-order valence-corrected chi connectivity index (χ2v) is 5.90. The van der Waals surface area contributed by atoms with E-state index in [-0.39, 0.29) is 11.4 Å². The summed E-state index contributed by atoms with van der Waals surface area (Å²) in [7, 11) is -3.91. The molecule has 2 rings (SSSR count). The average molecular weight is 313 g/mol. The molecule has 0 aliphatic rings. The number of carbonyl (C=O) groups is 1. The molecule has 0 unspecified atom stereocenters. The molecule has 0 fully saturated rings. The number of sulfonamides is 1. The number of rotatable bonds is 6. The number of aromatic nitrogens is 2. The fourth-order valence-electron chi connectivity index (χ4n) is 1.66. The number of hydrogen-bond donors (Lipinski definition) is 3. The number of nitrogens with one attached hydrogen (secondary N) is 2. The Morgan fingerprint density at radius 2 is 2.19 bits per heavy atom. The van der Waals surface area contributed by atoms with Crippen molar-refractivity contribution < 1.29 is 22.7 Å². The molecule has 0 aliphatic heterocycles. The zero-order valence-electron chi connectivity index (χ0n) is 10.7. The van der Waals surface area contributed by atoms with E-state index in [0.29, 0.717) is 12.2 Å². The molecule has 1 aromatic heterocycles. The van der Waals surface area contributed by atoms with E-state index in [2.05, 4.69) is 14.7 Å². The predicted molar refractivity (Wildman–Crippen MR) is 70.8 cm³/mol. The van der Waals surface area contributed by atoms with E-state index in [9.17, 15) is 17.6 Å². The molecule has 1 aromatic carbocycles. The first-order valence-corrected chi connectivity index (χ1v) is 7.39. The summed E-state index contributed by atoms with van der Waals surface area (Å²) in [6.07, 6.45) is 3.51. The van der Waals surface area contributed by atoms with Gasteiger partial charge in [0.2, 0.25) is 10.0 Å². The number of nitrogens with zero attached hydrogens (tertiary/aromatic N) is 1. The molecule has 112 valence electrons. The topological polar surface area (TPSA) is 112 Å². The highest BCUT2D eigenvalue weighted by Gasteiger charge is 2.18. The zero-order chi connectivity index (χ0) is 15.5. The Morgan fingerprint density at radius 1 is 1.43 bits per heavy atom. The number of carboxylic acids is 1. The molecule has 0 bridgehead atoms. The third kappa shape index (κ3) is 3.64. The van der Waals surface area contributed by atoms with Gasteiger partial charge in [-0.15, -0.1) is 0 Å². The Hall–Kier alpha value is -2.26. The summed E-state index contributed by atoms with van der Waals surface area (Å²) >= 11 is 0. The Labute approximate surface area is 119 Å². The smallest absolute Gasteiger partial charge is 0.338 e. The minimum absolute atomic E-state index is 0.0790. The van der Waals surface area contributed by atoms with Crippen molar-refractivity contribution in [3.8, 4) is 0 Å². The monoisotopic (exact) mass is 313 g/mol. The second-order valence-electron chi connectivity index (χ2n) is 4.13. The maximum absolute atomic E-state index is 13.2. The highest BCUT2D eigenvalue weighted by atomic mass is 32.2. The van der Waals surface area contributed by atoms with Crippen LogP contribution in [0.2, 0.25) is 0 Å². The Morgan fingerprint density at radius 3 is 2.81 bits per heavy atom. The van der Waals surface area contributed by atoms with Gasteiger partial charge in [0, 0.05) is 25.4 Å². The van der Waals surface area contributed by atoms with Crippen LogP contribution in [0.3, 0.4) is 0 Å². The van der Waals surface area contributed by atoms with E-state index in [1.54, 1.807) is 12.4 Å². The molecular weight excluding hydrogens is 301 g/mol. The molecule has 7 nitrogen and oxygen atoms in total. The van der Waals surface area contributed by atoms with Crippen LogP contribution in [0.4, 0.5) is 4.39 Å². The van der Waals surface area contributed by atoms with Crippen molar-refractivity contribution in [2.45, 2.75) is 11.3 Å². The molecule has 0 saturated carbocycles. The van der Waals surface area contributed by atoms with Crippen molar-refractivity contribution in [2.24, 2.45) is 0 Å². The molecule has 2 aromatic rings. The molecule has 0 amide bonds. The highest BCUT2D eigenvalue weighted by molar-refractivity contribution is 7.89. The third-order valence-electron chi connectivity index (χ3n) is 2.69. The number of hydrogen-bond acceptors (Lipinski definition) is 4. The summed E-state index contributed by atoms with van der Waals surface area (Å²) in [5.41, 5.74) is -0.691. The van der Waals surface area contributed by atoms with Gasteiger partial charge in [-0.3, -0.25) is 0 Å². The number of aromatic amines is 1. The molecule has 3 N–H and O–H groups in total. The van der Waals surface area contributed by atoms with Crippen LogP contribution in [0, 0.1) is 5.82 Å². The Balaban J connectivity index is 2.12. The van der Waals surface area contributed by atoms with E-state index in [4.69, 9.17) is 5.11 Å². The molecule has 9 heteroatoms. The van der Waals surface area contributed by atoms with Crippen LogP contribution in [0.5, 0.6) is 0 Å². The van der Waals surface area contributed by atoms with Crippen LogP contribution < -0.4 is 4.72 Å². The van der Waals surface area contributed by atoms with Gasteiger partial charge < -0.3 is 10.1 Å². The van der Waals surface area contributed by atoms with Gasteiger partial charge >= 0.3 is 5.97 Å². The van der Waals surface area contributed by atoms with E-state index < -0.39 is 27.4 Å². The highest BCUT2D eigenvalue weighted by Crippen LogP contribution is 2.15. The summed E-state index contributed by atoms with van der Waals surface area (Å²) in [6.45, 7) is 0.0790. The standard InChI is InChI=1S/C12H12FN3O4S/c13-10-2-1-8(7-9(10)12(17)18)21(19,20)16-4-3-11-14-5-6-15-11/h1-2,5-7,16H,3-4H2,(H,14,15)(H,17,18). The second kappa shape index (κ2) is 6.02. The number of aromatic carboxylic acids is 1. The van der Waals surface area contributed by atoms with E-state index in [0.717, 1.165) is 18.2 Å². The normalized spacial score (nSPS) is 11.5. The van der Waals surface area contributed by atoms with Crippen molar-refractivity contribution in [2.75, 3.05) is 6.54 Å². The Bertz CT molecular complexity index is 744. The van der Waals surface area contributed by atoms with Gasteiger partial charge in [0.15, 0.2) is 0 Å². The summed E-state index contributed by atoms with van der Waals surface area (Å²) in [4.78, 5) is 17.3. The third-order valence-corrected chi connectivity index (χ3v) is 4.15. The number of halogens is 1. The Kier molecular flexibility index (Phi) is 4.34. The van der Waals surface area contributed by atoms with Crippen LogP contribution >= 0.6 is 0 Å². The summed E-state index contributed by atoms with van der Waals surface area (Å²) in [6, 6.07) is 2.61. The van der Waals surface area contributed by atoms with Gasteiger partial charge in [0.25, 0.3) is 0 Å². The van der Waals surface area contributed by atoms with Crippen LogP contribution in [-0.2, 0) is 16.4 Å². The fourth-order valence-corrected chi connectivity index (χ4v) is 2.71. The molecule has 0 radical (unpaired) electrons. The number of imidazole rings is 1. The number of H-pyrrole nitrogens is 1. The lowest BCUT2D eigenvalue weighted by Gasteiger charge is -2.07. The maximum Gasteiger partial charge on any atom is 0.338 e. The predicted octanol–water partition coefficient (Wildman–Crippen LogP) is 0.768. The average Bonchev–Trinajstić information content (AvgIpc) is 2.91. The minimum Gasteiger partial charge on any atom is -0.478 e. The first-order valence-electron chi connectivity index (χ1n) is 5.91. The molecule has 21 heavy (non-hydrogen) atoms. The minimum atomic E-state index is -3.91. The van der Waals surface area contributed by atoms with Crippen LogP contribution in [0.15, 0.2) is 35.5 Å². The molecule has 0 spiro atoms. The number of benzene rings is 1. The summed E-state index contributed by atoms with van der Waals surface area (Å²) in [5.74, 6) is -1.90. The van der Waals surface area contributed by atoms with Gasteiger partial charge in [0.05, 0.1) is 10.5 Å². The first kappa shape index (κ1) is 15.1. The lowest BCUT2D eigenvalue weighted by atomic mass is 10.2. The van der Waals surface area contributed by atoms with Crippen molar-refractivity contribution >= 4 is 16.0 Å². The largest absolute Gasteiger partial charge is 0.478 e. The molecule has 0 aliphatic carbocycles. The van der Waals surface area contributed by atoms with Crippen molar-refractivity contribution in [3.05, 3.63) is 47.8 Å². The van der Waals surface area contributed by atoms with Gasteiger partial charge in [0.1, 0.15) is 11.6 Å². The van der Waals surface area contributed by atoms with Gasteiger partial charge in [-0.25, -0.2) is 27.3 Å². The summed E-state index contributed by atoms with van der Waals surface area (Å²) < 4.78 is 39.5. The number of carboxylic acid groups (broad SMARTS) is 1. The molecule has 1 heterocycles. The van der Waals surface area contributed by atoms with Crippen molar-refractivity contribution in [1.82, 2.24) is 14.7 Å². The lowest BCUT2D eigenvalue weighted by molar-refractivity contribution is 0.0691. The van der Waals surface area contributed by atoms with Crippen LogP contribution in [-0.4, -0.2) is 36.0 Å². The van der Waals surface area contributed by atoms with Crippen molar-refractivity contribution in [1.29, 1.82) is 0 Å². The van der Waals surface area contributed by atoms with Gasteiger partial charge in [-0.1, -0.05) is 0 Å². The molecule has 0 atom stereocenters. The first-order chi connectivity index (χ1) is 9.90. The SMILES string of the molecule is O=C(O)c1cc(S(=O)(=O)NCCc2ncc[nH]2)ccc1F. The maximum atomic E-state index is 13.2. The van der Waals surface area contributed by atoms with Crippen LogP contribution in [0.1, 0.15) is 16.2 Å². The van der Waals surface area contributed by atoms with Crippen LogP contribution in [0.25, 0.3) is 0 Å². The van der Waals surface area contributed by atoms with E-state index in [1.807, 2.05) is 0 Å². The molecule has 0 saturated heterocycles. The quantitative estimate of drug-likeness (QED) is 0.729. The van der Waals surface area contributed by atoms with Gasteiger partial charge in [-0.05, 0) is 18.2 Å².